The summed E-state index contributed by atoms with van der Waals surface area (Å²) in [6.07, 6.45) is 11.5. The quantitative estimate of drug-likeness (QED) is 0.130. The first-order valence-corrected chi connectivity index (χ1v) is 21.1. The lowest BCUT2D eigenvalue weighted by Gasteiger charge is -2.38. The summed E-state index contributed by atoms with van der Waals surface area (Å²) in [7, 11) is 2.38. The van der Waals surface area contributed by atoms with E-state index < -0.39 is 7.14 Å². The number of pyridine rings is 1. The first-order valence-electron chi connectivity index (χ1n) is 17.7. The minimum absolute atomic E-state index is 0.350. The summed E-state index contributed by atoms with van der Waals surface area (Å²) in [5.41, 5.74) is 7.29. The van der Waals surface area contributed by atoms with E-state index in [0.717, 1.165) is 70.6 Å². The lowest BCUT2D eigenvalue weighted by atomic mass is 10.0. The van der Waals surface area contributed by atoms with Crippen LogP contribution < -0.4 is 35.2 Å². The van der Waals surface area contributed by atoms with E-state index in [1.54, 1.807) is 50.8 Å². The van der Waals surface area contributed by atoms with Crippen LogP contribution in [0.25, 0.3) is 22.0 Å². The van der Waals surface area contributed by atoms with Gasteiger partial charge in [0, 0.05) is 90.8 Å². The Kier molecular flexibility index (Phi) is 9.61. The number of hydrogen-bond acceptors (Lipinski definition) is 13. The molecule has 2 N–H and O–H groups in total. The van der Waals surface area contributed by atoms with Crippen LogP contribution in [0.3, 0.4) is 0 Å². The lowest BCUT2D eigenvalue weighted by molar-refractivity contribution is 0.379. The smallest absolute Gasteiger partial charge is 0.316 e. The van der Waals surface area contributed by atoms with Crippen LogP contribution in [0, 0.1) is 0 Å². The number of benzene rings is 2. The van der Waals surface area contributed by atoms with Gasteiger partial charge in [0.1, 0.15) is 18.7 Å². The van der Waals surface area contributed by atoms with E-state index in [1.807, 2.05) is 31.6 Å². The average molecular weight is 811 g/mol. The Morgan fingerprint density at radius 1 is 0.852 bits per heavy atom. The predicted octanol–water partition coefficient (Wildman–Crippen LogP) is 6.93. The molecule has 4 aromatic heterocycles. The van der Waals surface area contributed by atoms with Gasteiger partial charge in [-0.1, -0.05) is 6.07 Å². The summed E-state index contributed by atoms with van der Waals surface area (Å²) in [6, 6.07) is 12.5. The van der Waals surface area contributed by atoms with Crippen LogP contribution in [0.5, 0.6) is 11.8 Å². The molecule has 0 atom stereocenters. The van der Waals surface area contributed by atoms with Crippen molar-refractivity contribution < 1.29 is 14.0 Å². The molecule has 1 saturated heterocycles. The monoisotopic (exact) mass is 809 g/mol. The van der Waals surface area contributed by atoms with Crippen molar-refractivity contribution in [2.75, 3.05) is 74.2 Å². The van der Waals surface area contributed by atoms with Crippen LogP contribution in [0.1, 0.15) is 24.5 Å². The first-order chi connectivity index (χ1) is 26.1. The molecule has 1 aliphatic carbocycles. The van der Waals surface area contributed by atoms with Gasteiger partial charge in [-0.25, -0.2) is 15.0 Å². The topological polar surface area (TPSA) is 148 Å². The number of ether oxygens (including phenoxy) is 2. The highest BCUT2D eigenvalue weighted by atomic mass is 79.9. The fourth-order valence-corrected chi connectivity index (χ4v) is 8.70. The fraction of sp³-hybridized carbons (Fsp3) is 0.316. The Balaban J connectivity index is 1.09. The molecule has 16 heteroatoms. The molecule has 0 radical (unpaired) electrons. The van der Waals surface area contributed by atoms with E-state index in [2.05, 4.69) is 80.7 Å². The first kappa shape index (κ1) is 35.7. The molecule has 8 rings (SSSR count). The largest absolute Gasteiger partial charge is 0.494 e. The Hall–Kier alpha value is -5.27. The normalized spacial score (nSPS) is 14.7. The molecule has 6 aromatic rings. The molecular weight excluding hydrogens is 769 g/mol. The van der Waals surface area contributed by atoms with Crippen molar-refractivity contribution in [1.29, 1.82) is 0 Å². The van der Waals surface area contributed by atoms with Gasteiger partial charge in [-0.2, -0.15) is 10.1 Å². The third-order valence-electron chi connectivity index (χ3n) is 9.76. The second-order valence-electron chi connectivity index (χ2n) is 13.9. The number of methoxy groups -OCH3 is 2. The molecule has 2 fully saturated rings. The van der Waals surface area contributed by atoms with Crippen LogP contribution in [0.15, 0.2) is 71.9 Å². The maximum Gasteiger partial charge on any atom is 0.316 e. The number of rotatable bonds is 11. The number of aromatic nitrogens is 7. The number of nitrogens with one attached hydrogen (secondary N) is 2. The number of piperazine rings is 1. The van der Waals surface area contributed by atoms with Gasteiger partial charge in [-0.05, 0) is 66.4 Å². The molecule has 1 saturated carbocycles. The zero-order valence-corrected chi connectivity index (χ0v) is 33.2. The predicted molar refractivity (Wildman–Crippen MR) is 217 cm³/mol. The molecule has 1 aliphatic heterocycles. The van der Waals surface area contributed by atoms with Crippen LogP contribution >= 0.6 is 23.1 Å². The third-order valence-corrected chi connectivity index (χ3v) is 11.9. The van der Waals surface area contributed by atoms with Gasteiger partial charge in [0.05, 0.1) is 59.9 Å². The second kappa shape index (κ2) is 14.5. The van der Waals surface area contributed by atoms with Gasteiger partial charge in [0.15, 0.2) is 0 Å². The van der Waals surface area contributed by atoms with E-state index in [9.17, 15) is 4.57 Å². The summed E-state index contributed by atoms with van der Waals surface area (Å²) >= 11 is 3.63. The van der Waals surface area contributed by atoms with Crippen molar-refractivity contribution in [2.45, 2.75) is 18.8 Å². The van der Waals surface area contributed by atoms with E-state index in [0.29, 0.717) is 45.3 Å². The molecule has 0 bridgehead atoms. The fourth-order valence-electron chi connectivity index (χ4n) is 6.93. The molecule has 0 amide bonds. The lowest BCUT2D eigenvalue weighted by Crippen LogP contribution is -2.46. The van der Waals surface area contributed by atoms with Gasteiger partial charge in [-0.3, -0.25) is 9.67 Å². The number of hydrogen-bond donors (Lipinski definition) is 2. The van der Waals surface area contributed by atoms with Crippen LogP contribution in [0.4, 0.5) is 34.5 Å². The summed E-state index contributed by atoms with van der Waals surface area (Å²) in [5, 5.41) is 13.0. The zero-order chi connectivity index (χ0) is 37.6. The van der Waals surface area contributed by atoms with Crippen molar-refractivity contribution in [3.05, 3.63) is 77.5 Å². The van der Waals surface area contributed by atoms with E-state index >= 15 is 0 Å². The number of fused-ring (bicyclic) bond motifs is 1. The second-order valence-corrected chi connectivity index (χ2v) is 17.9. The molecule has 278 valence electrons. The van der Waals surface area contributed by atoms with Crippen molar-refractivity contribution >= 4 is 73.8 Å². The molecule has 0 spiro atoms. The maximum absolute atomic E-state index is 13.8. The Morgan fingerprint density at radius 3 is 2.28 bits per heavy atom. The van der Waals surface area contributed by atoms with Gasteiger partial charge >= 0.3 is 6.01 Å². The maximum atomic E-state index is 13.8. The Morgan fingerprint density at radius 2 is 1.61 bits per heavy atom. The summed E-state index contributed by atoms with van der Waals surface area (Å²) in [6.45, 7) is 6.70. The number of aryl methyl sites for hydroxylation is 1. The highest BCUT2D eigenvalue weighted by molar-refractivity contribution is 9.10. The summed E-state index contributed by atoms with van der Waals surface area (Å²) < 4.78 is 27.3. The van der Waals surface area contributed by atoms with Gasteiger partial charge in [-0.15, -0.1) is 0 Å². The van der Waals surface area contributed by atoms with Crippen LogP contribution in [0.2, 0.25) is 0 Å². The van der Waals surface area contributed by atoms with E-state index in [4.69, 9.17) is 19.4 Å². The van der Waals surface area contributed by atoms with Gasteiger partial charge < -0.3 is 34.5 Å². The van der Waals surface area contributed by atoms with Crippen molar-refractivity contribution in [3.8, 4) is 22.9 Å². The minimum Gasteiger partial charge on any atom is -0.494 e. The zero-order valence-electron chi connectivity index (χ0n) is 30.7. The van der Waals surface area contributed by atoms with Gasteiger partial charge in [0.2, 0.25) is 5.95 Å². The molecular formula is C38H41BrN11O3P. The Labute approximate surface area is 321 Å². The number of halogens is 1. The van der Waals surface area contributed by atoms with E-state index in [1.165, 1.54) is 12.8 Å². The SMILES string of the molecule is COc1ncc(N2CCN(c3cc(OC)c(Nc4ncc(Br)c(Nc5ccc6nc(C7CC7)ccc6c5P(C)(C)=O)n4)cc3-c3cnn(C)c3)CC2)cn1. The molecule has 2 aromatic carbocycles. The number of anilines is 6. The summed E-state index contributed by atoms with van der Waals surface area (Å²) in [5.74, 6) is 2.04. The highest BCUT2D eigenvalue weighted by Crippen LogP contribution is 2.44. The van der Waals surface area contributed by atoms with Crippen molar-refractivity contribution in [2.24, 2.45) is 7.05 Å². The standard InChI is InChI=1S/C38H41BrN11O3P/c1-48-22-24(18-43-48)27-16-32(34(52-2)17-33(27)50-14-12-49(13-15-50)25-19-41-38(53-3)42-20-25)46-37-40-21-28(39)36(47-37)45-31-11-10-30-26(35(31)54(4,5)51)8-9-29(44-30)23-6-7-23/h8-11,16-23H,6-7,12-15H2,1-5H3,(H2,40,45,46,47). The number of nitrogens with zero attached hydrogens (tertiary/aromatic N) is 9. The molecule has 5 heterocycles. The molecule has 14 nitrogen and oxygen atoms in total. The van der Waals surface area contributed by atoms with Gasteiger partial charge in [0.25, 0.3) is 0 Å². The molecule has 0 unspecified atom stereocenters. The summed E-state index contributed by atoms with van der Waals surface area (Å²) in [4.78, 5) is 27.6. The van der Waals surface area contributed by atoms with Crippen molar-refractivity contribution in [3.63, 3.8) is 0 Å². The van der Waals surface area contributed by atoms with E-state index in [-0.39, 0.29) is 0 Å². The van der Waals surface area contributed by atoms with Crippen LogP contribution in [-0.2, 0) is 11.6 Å². The Bertz CT molecular complexity index is 2390. The van der Waals surface area contributed by atoms with Crippen molar-refractivity contribution in [1.82, 2.24) is 34.7 Å². The molecule has 54 heavy (non-hydrogen) atoms. The molecule has 2 aliphatic rings. The highest BCUT2D eigenvalue weighted by Gasteiger charge is 2.27. The van der Waals surface area contributed by atoms with Crippen LogP contribution in [-0.4, -0.2) is 88.4 Å². The third kappa shape index (κ3) is 7.30. The average Bonchev–Trinajstić information content (AvgIpc) is 3.94. The minimum atomic E-state index is -2.74.